The summed E-state index contributed by atoms with van der Waals surface area (Å²) in [4.78, 5) is 11.6. The molecule has 5 nitrogen and oxygen atoms in total. The quantitative estimate of drug-likeness (QED) is 0.748. The summed E-state index contributed by atoms with van der Waals surface area (Å²) in [6.45, 7) is 0. The largest absolute Gasteiger partial charge is 0.506 e. The number of nitrogens with zero attached hydrogens (tertiary/aromatic N) is 1. The van der Waals surface area contributed by atoms with Gasteiger partial charge in [0.25, 0.3) is 5.91 Å². The van der Waals surface area contributed by atoms with E-state index in [4.69, 9.17) is 11.6 Å². The number of halogens is 1. The molecule has 1 amide bonds. The minimum absolute atomic E-state index is 0.0772. The molecule has 82 valence electrons. The number of aromatic amines is 1. The van der Waals surface area contributed by atoms with Gasteiger partial charge in [-0.3, -0.25) is 9.89 Å². The first kappa shape index (κ1) is 10.5. The molecule has 0 fully saturated rings. The summed E-state index contributed by atoms with van der Waals surface area (Å²) in [5, 5.41) is 18.4. The first-order valence-electron chi connectivity index (χ1n) is 4.45. The fourth-order valence-corrected chi connectivity index (χ4v) is 1.29. The molecule has 2 rings (SSSR count). The van der Waals surface area contributed by atoms with Crippen LogP contribution in [0.2, 0.25) is 5.02 Å². The number of aromatic nitrogens is 2. The number of benzene rings is 1. The number of phenols is 1. The van der Waals surface area contributed by atoms with E-state index in [1.807, 2.05) is 0 Å². The molecule has 3 N–H and O–H groups in total. The van der Waals surface area contributed by atoms with Crippen molar-refractivity contribution in [3.05, 3.63) is 41.2 Å². The van der Waals surface area contributed by atoms with Crippen LogP contribution in [0.3, 0.4) is 0 Å². The van der Waals surface area contributed by atoms with Gasteiger partial charge in [-0.05, 0) is 12.1 Å². The predicted molar refractivity (Wildman–Crippen MR) is 59.7 cm³/mol. The van der Waals surface area contributed by atoms with Crippen LogP contribution < -0.4 is 5.32 Å². The maximum atomic E-state index is 11.6. The van der Waals surface area contributed by atoms with E-state index in [1.54, 1.807) is 6.07 Å². The third-order valence-corrected chi connectivity index (χ3v) is 2.28. The summed E-state index contributed by atoms with van der Waals surface area (Å²) in [6.07, 6.45) is 2.89. The Hall–Kier alpha value is -2.01. The Morgan fingerprint density at radius 1 is 1.50 bits per heavy atom. The highest BCUT2D eigenvalue weighted by atomic mass is 35.5. The van der Waals surface area contributed by atoms with E-state index in [0.29, 0.717) is 11.3 Å². The number of hydrogen-bond donors (Lipinski definition) is 3. The maximum absolute atomic E-state index is 11.6. The number of rotatable bonds is 2. The summed E-state index contributed by atoms with van der Waals surface area (Å²) >= 11 is 5.64. The number of anilines is 1. The first-order valence-corrected chi connectivity index (χ1v) is 4.83. The van der Waals surface area contributed by atoms with Gasteiger partial charge in [0.2, 0.25) is 0 Å². The van der Waals surface area contributed by atoms with Crippen LogP contribution in [-0.2, 0) is 0 Å². The molecule has 16 heavy (non-hydrogen) atoms. The molecule has 0 aliphatic rings. The standard InChI is InChI=1S/C10H8ClN3O2/c11-8-2-1-7(3-9(8)15)14-10(16)6-4-12-13-5-6/h1-5,15H,(H,12,13)(H,14,16). The van der Waals surface area contributed by atoms with Crippen molar-refractivity contribution in [2.45, 2.75) is 0 Å². The van der Waals surface area contributed by atoms with Crippen LogP contribution >= 0.6 is 11.6 Å². The lowest BCUT2D eigenvalue weighted by Crippen LogP contribution is -2.10. The number of phenolic OH excluding ortho intramolecular Hbond substituents is 1. The monoisotopic (exact) mass is 237 g/mol. The van der Waals surface area contributed by atoms with Crippen molar-refractivity contribution in [1.29, 1.82) is 0 Å². The van der Waals surface area contributed by atoms with Crippen LogP contribution in [0.4, 0.5) is 5.69 Å². The number of H-pyrrole nitrogens is 1. The summed E-state index contributed by atoms with van der Waals surface area (Å²) in [6, 6.07) is 4.47. The molecule has 2 aromatic rings. The Balaban J connectivity index is 2.15. The second kappa shape index (κ2) is 4.24. The van der Waals surface area contributed by atoms with Crippen LogP contribution in [0, 0.1) is 0 Å². The van der Waals surface area contributed by atoms with Crippen LogP contribution in [0.5, 0.6) is 5.75 Å². The smallest absolute Gasteiger partial charge is 0.258 e. The van der Waals surface area contributed by atoms with Gasteiger partial charge in [0, 0.05) is 18.0 Å². The van der Waals surface area contributed by atoms with E-state index in [1.165, 1.54) is 24.5 Å². The van der Waals surface area contributed by atoms with Crippen LogP contribution in [0.1, 0.15) is 10.4 Å². The van der Waals surface area contributed by atoms with Gasteiger partial charge in [0.15, 0.2) is 0 Å². The molecule has 6 heteroatoms. The minimum Gasteiger partial charge on any atom is -0.506 e. The van der Waals surface area contributed by atoms with Crippen molar-refractivity contribution in [2.75, 3.05) is 5.32 Å². The van der Waals surface area contributed by atoms with E-state index >= 15 is 0 Å². The average molecular weight is 238 g/mol. The highest BCUT2D eigenvalue weighted by Gasteiger charge is 2.07. The molecule has 0 bridgehead atoms. The highest BCUT2D eigenvalue weighted by Crippen LogP contribution is 2.26. The van der Waals surface area contributed by atoms with E-state index in [9.17, 15) is 9.90 Å². The van der Waals surface area contributed by atoms with Crippen molar-refractivity contribution in [1.82, 2.24) is 10.2 Å². The number of hydrogen-bond acceptors (Lipinski definition) is 3. The molecule has 1 aromatic heterocycles. The topological polar surface area (TPSA) is 78.0 Å². The molecule has 0 aliphatic heterocycles. The molecule has 0 atom stereocenters. The fourth-order valence-electron chi connectivity index (χ4n) is 1.17. The molecule has 1 aromatic carbocycles. The van der Waals surface area contributed by atoms with E-state index in [-0.39, 0.29) is 16.7 Å². The Bertz CT molecular complexity index is 511. The lowest BCUT2D eigenvalue weighted by molar-refractivity contribution is 0.102. The van der Waals surface area contributed by atoms with Crippen molar-refractivity contribution in [2.24, 2.45) is 0 Å². The lowest BCUT2D eigenvalue weighted by Gasteiger charge is -2.04. The molecule has 0 radical (unpaired) electrons. The van der Waals surface area contributed by atoms with Gasteiger partial charge in [-0.2, -0.15) is 5.10 Å². The van der Waals surface area contributed by atoms with Gasteiger partial charge in [-0.1, -0.05) is 11.6 Å². The minimum atomic E-state index is -0.310. The normalized spacial score (nSPS) is 10.1. The Morgan fingerprint density at radius 3 is 2.94 bits per heavy atom. The molecule has 0 saturated carbocycles. The van der Waals surface area contributed by atoms with Gasteiger partial charge in [0.1, 0.15) is 5.75 Å². The first-order chi connectivity index (χ1) is 7.66. The highest BCUT2D eigenvalue weighted by molar-refractivity contribution is 6.32. The maximum Gasteiger partial charge on any atom is 0.258 e. The van der Waals surface area contributed by atoms with E-state index in [2.05, 4.69) is 15.5 Å². The van der Waals surface area contributed by atoms with Crippen LogP contribution in [0.25, 0.3) is 0 Å². The second-order valence-electron chi connectivity index (χ2n) is 3.11. The van der Waals surface area contributed by atoms with Gasteiger partial charge in [-0.15, -0.1) is 0 Å². The summed E-state index contributed by atoms with van der Waals surface area (Å²) in [5.41, 5.74) is 0.877. The summed E-state index contributed by atoms with van der Waals surface area (Å²) < 4.78 is 0. The predicted octanol–water partition coefficient (Wildman–Crippen LogP) is 2.02. The molecule has 0 spiro atoms. The Labute approximate surface area is 96.1 Å². The fraction of sp³-hybridized carbons (Fsp3) is 0. The van der Waals surface area contributed by atoms with Crippen LogP contribution in [0.15, 0.2) is 30.6 Å². The zero-order chi connectivity index (χ0) is 11.5. The van der Waals surface area contributed by atoms with Crippen molar-refractivity contribution < 1.29 is 9.90 Å². The van der Waals surface area contributed by atoms with Gasteiger partial charge >= 0.3 is 0 Å². The number of amides is 1. The van der Waals surface area contributed by atoms with Crippen molar-refractivity contribution >= 4 is 23.2 Å². The number of carbonyl (C=O) groups is 1. The van der Waals surface area contributed by atoms with E-state index < -0.39 is 0 Å². The summed E-state index contributed by atoms with van der Waals surface area (Å²) in [7, 11) is 0. The molecular weight excluding hydrogens is 230 g/mol. The number of aromatic hydroxyl groups is 1. The average Bonchev–Trinajstić information content (AvgIpc) is 2.77. The molecule has 0 aliphatic carbocycles. The Morgan fingerprint density at radius 2 is 2.31 bits per heavy atom. The lowest BCUT2D eigenvalue weighted by atomic mass is 10.2. The second-order valence-corrected chi connectivity index (χ2v) is 3.51. The number of nitrogens with one attached hydrogen (secondary N) is 2. The van der Waals surface area contributed by atoms with Crippen LogP contribution in [-0.4, -0.2) is 21.2 Å². The SMILES string of the molecule is O=C(Nc1ccc(Cl)c(O)c1)c1cn[nH]c1. The zero-order valence-electron chi connectivity index (χ0n) is 8.07. The molecular formula is C10H8ClN3O2. The number of carbonyl (C=O) groups excluding carboxylic acids is 1. The molecule has 0 saturated heterocycles. The molecule has 1 heterocycles. The third kappa shape index (κ3) is 2.14. The van der Waals surface area contributed by atoms with Crippen molar-refractivity contribution in [3.8, 4) is 5.75 Å². The summed E-state index contributed by atoms with van der Waals surface area (Å²) in [5.74, 6) is -0.387. The Kier molecular flexibility index (Phi) is 2.78. The van der Waals surface area contributed by atoms with Gasteiger partial charge in [0.05, 0.1) is 16.8 Å². The van der Waals surface area contributed by atoms with E-state index in [0.717, 1.165) is 0 Å². The molecule has 0 unspecified atom stereocenters. The van der Waals surface area contributed by atoms with Gasteiger partial charge < -0.3 is 10.4 Å². The van der Waals surface area contributed by atoms with Gasteiger partial charge in [-0.25, -0.2) is 0 Å². The van der Waals surface area contributed by atoms with Crippen molar-refractivity contribution in [3.63, 3.8) is 0 Å². The third-order valence-electron chi connectivity index (χ3n) is 1.96. The zero-order valence-corrected chi connectivity index (χ0v) is 8.82.